The van der Waals surface area contributed by atoms with E-state index in [9.17, 15) is 18.3 Å². The summed E-state index contributed by atoms with van der Waals surface area (Å²) in [6, 6.07) is 21.6. The summed E-state index contributed by atoms with van der Waals surface area (Å²) in [6.07, 6.45) is -3.41. The number of rotatable bonds is 7. The Bertz CT molecular complexity index is 1590. The number of likely N-dealkylation sites (tertiary alicyclic amines) is 1. The fraction of sp³-hybridized carbons (Fsp3) is 0.310. The smallest absolute Gasteiger partial charge is 0.470 e. The fourth-order valence-electron chi connectivity index (χ4n) is 5.15. The molecule has 5 aromatic rings. The van der Waals surface area contributed by atoms with E-state index in [1.165, 1.54) is 22.4 Å². The Morgan fingerprint density at radius 1 is 0.949 bits per heavy atom. The first-order valence-electron chi connectivity index (χ1n) is 12.8. The maximum Gasteiger partial charge on any atom is 0.470 e. The van der Waals surface area contributed by atoms with E-state index in [1.54, 1.807) is 18.2 Å². The molecule has 10 heteroatoms. The molecule has 0 spiro atoms. The zero-order valence-corrected chi connectivity index (χ0v) is 20.9. The first kappa shape index (κ1) is 25.4. The van der Waals surface area contributed by atoms with Gasteiger partial charge in [-0.05, 0) is 60.3 Å². The van der Waals surface area contributed by atoms with Crippen molar-refractivity contribution >= 4 is 21.7 Å². The van der Waals surface area contributed by atoms with E-state index in [0.717, 1.165) is 25.9 Å². The highest BCUT2D eigenvalue weighted by Gasteiger charge is 2.38. The van der Waals surface area contributed by atoms with Crippen molar-refractivity contribution in [1.29, 1.82) is 0 Å². The number of fused-ring (bicyclic) bond motifs is 2. The second kappa shape index (κ2) is 10.3. The van der Waals surface area contributed by atoms with Crippen LogP contribution in [0.5, 0.6) is 5.75 Å². The van der Waals surface area contributed by atoms with Crippen molar-refractivity contribution in [2.75, 3.05) is 26.2 Å². The van der Waals surface area contributed by atoms with Crippen LogP contribution in [0, 0.1) is 0 Å². The summed E-state index contributed by atoms with van der Waals surface area (Å²) in [5, 5.41) is 20.2. The molecule has 1 N–H and O–H groups in total. The Morgan fingerprint density at radius 2 is 1.74 bits per heavy atom. The molecule has 1 fully saturated rings. The van der Waals surface area contributed by atoms with Crippen molar-refractivity contribution < 1.29 is 31.8 Å². The lowest BCUT2D eigenvalue weighted by molar-refractivity contribution is -0.157. The monoisotopic (exact) mass is 537 g/mol. The van der Waals surface area contributed by atoms with Crippen molar-refractivity contribution in [1.82, 2.24) is 15.1 Å². The van der Waals surface area contributed by atoms with Gasteiger partial charge in [-0.15, -0.1) is 10.2 Å². The van der Waals surface area contributed by atoms with Gasteiger partial charge in [-0.3, -0.25) is 0 Å². The largest absolute Gasteiger partial charge is 0.490 e. The number of benzene rings is 3. The first-order chi connectivity index (χ1) is 18.8. The van der Waals surface area contributed by atoms with Crippen LogP contribution in [0.25, 0.3) is 33.4 Å². The average molecular weight is 538 g/mol. The third kappa shape index (κ3) is 5.48. The van der Waals surface area contributed by atoms with E-state index in [-0.39, 0.29) is 18.3 Å². The number of nitrogens with zero attached hydrogens (tertiary/aromatic N) is 3. The summed E-state index contributed by atoms with van der Waals surface area (Å²) in [5.41, 5.74) is 1.75. The summed E-state index contributed by atoms with van der Waals surface area (Å²) >= 11 is 0. The lowest BCUT2D eigenvalue weighted by Crippen LogP contribution is -2.40. The van der Waals surface area contributed by atoms with E-state index in [4.69, 9.17) is 13.6 Å². The number of β-amino-alcohol motifs (C(OH)–C–C–N with tert-alkyl or cyclic N) is 1. The Hall–Kier alpha value is -3.89. The molecule has 39 heavy (non-hydrogen) atoms. The van der Waals surface area contributed by atoms with Crippen LogP contribution in [0.15, 0.2) is 75.6 Å². The molecule has 1 atom stereocenters. The molecule has 202 valence electrons. The lowest BCUT2D eigenvalue weighted by Gasteiger charge is -2.33. The molecular formula is C29H26F3N3O4. The van der Waals surface area contributed by atoms with Gasteiger partial charge in [-0.2, -0.15) is 13.2 Å². The van der Waals surface area contributed by atoms with E-state index in [0.29, 0.717) is 29.2 Å². The lowest BCUT2D eigenvalue weighted by atomic mass is 9.88. The van der Waals surface area contributed by atoms with Gasteiger partial charge in [-0.25, -0.2) is 0 Å². The topological polar surface area (TPSA) is 84.8 Å². The molecule has 3 heterocycles. The van der Waals surface area contributed by atoms with E-state index in [1.807, 2.05) is 0 Å². The van der Waals surface area contributed by atoms with Gasteiger partial charge in [0.1, 0.15) is 24.0 Å². The first-order valence-corrected chi connectivity index (χ1v) is 12.8. The van der Waals surface area contributed by atoms with Crippen molar-refractivity contribution in [3.05, 3.63) is 78.2 Å². The Labute approximate surface area is 221 Å². The highest BCUT2D eigenvalue weighted by atomic mass is 19.4. The molecule has 6 rings (SSSR count). The average Bonchev–Trinajstić information content (AvgIpc) is 3.60. The highest BCUT2D eigenvalue weighted by Crippen LogP contribution is 2.35. The molecule has 0 bridgehead atoms. The second-order valence-electron chi connectivity index (χ2n) is 9.84. The molecule has 0 aliphatic carbocycles. The number of aliphatic hydroxyl groups is 1. The summed E-state index contributed by atoms with van der Waals surface area (Å²) in [7, 11) is 0. The normalized spacial score (nSPS) is 16.2. The molecule has 2 aromatic heterocycles. The maximum atomic E-state index is 12.8. The van der Waals surface area contributed by atoms with Crippen LogP contribution >= 0.6 is 0 Å². The number of ether oxygens (including phenoxy) is 1. The van der Waals surface area contributed by atoms with Crippen LogP contribution in [-0.4, -0.2) is 52.5 Å². The van der Waals surface area contributed by atoms with Gasteiger partial charge < -0.3 is 23.6 Å². The van der Waals surface area contributed by atoms with Crippen LogP contribution in [-0.2, 0) is 6.18 Å². The van der Waals surface area contributed by atoms with E-state index in [2.05, 4.69) is 57.6 Å². The molecule has 3 aromatic carbocycles. The number of halogens is 3. The molecule has 7 nitrogen and oxygen atoms in total. The van der Waals surface area contributed by atoms with Crippen molar-refractivity contribution in [3.63, 3.8) is 0 Å². The number of aliphatic hydroxyl groups excluding tert-OH is 1. The molecule has 0 saturated carbocycles. The maximum absolute atomic E-state index is 12.8. The fourth-order valence-corrected chi connectivity index (χ4v) is 5.15. The Kier molecular flexibility index (Phi) is 6.74. The minimum Gasteiger partial charge on any atom is -0.490 e. The van der Waals surface area contributed by atoms with Crippen LogP contribution in [0.2, 0.25) is 0 Å². The van der Waals surface area contributed by atoms with Crippen molar-refractivity contribution in [2.24, 2.45) is 0 Å². The minimum absolute atomic E-state index is 0.00103. The van der Waals surface area contributed by atoms with Gasteiger partial charge in [0.05, 0.1) is 5.39 Å². The zero-order chi connectivity index (χ0) is 27.0. The Balaban J connectivity index is 1.04. The van der Waals surface area contributed by atoms with Gasteiger partial charge in [0, 0.05) is 12.6 Å². The molecular weight excluding hydrogens is 511 g/mol. The predicted octanol–water partition coefficient (Wildman–Crippen LogP) is 6.27. The summed E-state index contributed by atoms with van der Waals surface area (Å²) < 4.78 is 54.6. The van der Waals surface area contributed by atoms with Gasteiger partial charge in [0.25, 0.3) is 5.89 Å². The van der Waals surface area contributed by atoms with Crippen LogP contribution in [0.1, 0.15) is 30.2 Å². The SMILES string of the molecule is OC(COc1cccc2oc(-c3nnc(C(F)(F)F)o3)cc12)CN1CCC(c2ccc3ccccc3c2)CC1. The quantitative estimate of drug-likeness (QED) is 0.262. The molecule has 0 radical (unpaired) electrons. The molecule has 1 unspecified atom stereocenters. The van der Waals surface area contributed by atoms with E-state index < -0.39 is 18.2 Å². The number of alkyl halides is 3. The number of hydrogen-bond donors (Lipinski definition) is 1. The molecule has 1 aliphatic heterocycles. The third-order valence-electron chi connectivity index (χ3n) is 7.13. The van der Waals surface area contributed by atoms with Gasteiger partial charge >= 0.3 is 12.1 Å². The third-order valence-corrected chi connectivity index (χ3v) is 7.13. The minimum atomic E-state index is -4.74. The van der Waals surface area contributed by atoms with Crippen LogP contribution in [0.3, 0.4) is 0 Å². The van der Waals surface area contributed by atoms with E-state index >= 15 is 0 Å². The van der Waals surface area contributed by atoms with Crippen molar-refractivity contribution in [3.8, 4) is 17.4 Å². The van der Waals surface area contributed by atoms with Crippen LogP contribution in [0.4, 0.5) is 13.2 Å². The van der Waals surface area contributed by atoms with Gasteiger partial charge in [0.2, 0.25) is 0 Å². The predicted molar refractivity (Wildman–Crippen MR) is 138 cm³/mol. The summed E-state index contributed by atoms with van der Waals surface area (Å²) in [6.45, 7) is 2.32. The van der Waals surface area contributed by atoms with Gasteiger partial charge in [0.15, 0.2) is 5.76 Å². The van der Waals surface area contributed by atoms with Gasteiger partial charge in [-0.1, -0.05) is 48.5 Å². The van der Waals surface area contributed by atoms with Crippen LogP contribution < -0.4 is 4.74 Å². The standard InChI is InChI=1S/C29H26F3N3O4/c30-29(31,32)28-34-33-27(39-28)26-15-23-24(6-3-7-25(23)38-26)37-17-22(36)16-35-12-10-19(11-13-35)21-9-8-18-4-1-2-5-20(18)14-21/h1-9,14-15,19,22,36H,10-13,16-17H2. The van der Waals surface area contributed by atoms with Crippen molar-refractivity contribution in [2.45, 2.75) is 31.0 Å². The number of aromatic nitrogens is 2. The molecule has 1 aliphatic rings. The number of piperidine rings is 1. The summed E-state index contributed by atoms with van der Waals surface area (Å²) in [5.74, 6) is -0.889. The second-order valence-corrected chi connectivity index (χ2v) is 9.84. The molecule has 1 saturated heterocycles. The number of hydrogen-bond acceptors (Lipinski definition) is 7. The number of furan rings is 1. The summed E-state index contributed by atoms with van der Waals surface area (Å²) in [4.78, 5) is 2.25. The highest BCUT2D eigenvalue weighted by molar-refractivity contribution is 5.87. The Morgan fingerprint density at radius 3 is 2.51 bits per heavy atom. The zero-order valence-electron chi connectivity index (χ0n) is 20.9. The molecule has 0 amide bonds.